The second-order valence-electron chi connectivity index (χ2n) is 6.30. The van der Waals surface area contributed by atoms with E-state index in [0.717, 1.165) is 10.8 Å². The molecule has 0 spiro atoms. The fourth-order valence-electron chi connectivity index (χ4n) is 2.78. The van der Waals surface area contributed by atoms with E-state index in [0.29, 0.717) is 23.5 Å². The van der Waals surface area contributed by atoms with Crippen LogP contribution in [0.4, 0.5) is 5.69 Å². The van der Waals surface area contributed by atoms with Gasteiger partial charge in [-0.25, -0.2) is 0 Å². The van der Waals surface area contributed by atoms with Crippen LogP contribution in [0.25, 0.3) is 10.8 Å². The lowest BCUT2D eigenvalue weighted by atomic mass is 10.1. The van der Waals surface area contributed by atoms with Gasteiger partial charge in [-0.1, -0.05) is 48.5 Å². The number of hydrogen-bond donors (Lipinski definition) is 2. The van der Waals surface area contributed by atoms with E-state index in [4.69, 9.17) is 4.74 Å². The molecule has 0 saturated carbocycles. The zero-order chi connectivity index (χ0) is 19.9. The van der Waals surface area contributed by atoms with Gasteiger partial charge in [0, 0.05) is 6.54 Å². The molecule has 5 nitrogen and oxygen atoms in total. The minimum atomic E-state index is -0.731. The molecule has 0 bridgehead atoms. The van der Waals surface area contributed by atoms with Crippen molar-refractivity contribution in [3.8, 4) is 5.75 Å². The normalized spacial score (nSPS) is 11.5. The van der Waals surface area contributed by atoms with Crippen LogP contribution < -0.4 is 15.4 Å². The molecule has 3 aromatic rings. The number of hydrogen-bond acceptors (Lipinski definition) is 3. The van der Waals surface area contributed by atoms with Crippen molar-refractivity contribution in [2.45, 2.75) is 13.0 Å². The van der Waals surface area contributed by atoms with Crippen LogP contribution in [-0.4, -0.2) is 24.5 Å². The maximum Gasteiger partial charge on any atom is 0.265 e. The largest absolute Gasteiger partial charge is 0.481 e. The van der Waals surface area contributed by atoms with E-state index in [2.05, 4.69) is 17.2 Å². The average Bonchev–Trinajstić information content (AvgIpc) is 2.72. The SMILES string of the molecule is C=CCNC(=O)c1ccccc1NC(=O)[C@@H](C)Oc1ccc2ccccc2c1. The Bertz CT molecular complexity index is 1010. The lowest BCUT2D eigenvalue weighted by molar-refractivity contribution is -0.122. The third kappa shape index (κ3) is 4.57. The summed E-state index contributed by atoms with van der Waals surface area (Å²) in [5.74, 6) is -0.00519. The molecule has 0 heterocycles. The molecule has 0 aromatic heterocycles. The van der Waals surface area contributed by atoms with Gasteiger partial charge in [-0.3, -0.25) is 9.59 Å². The van der Waals surface area contributed by atoms with Crippen molar-refractivity contribution in [1.82, 2.24) is 5.32 Å². The quantitative estimate of drug-likeness (QED) is 0.610. The summed E-state index contributed by atoms with van der Waals surface area (Å²) in [4.78, 5) is 24.8. The molecule has 2 N–H and O–H groups in total. The highest BCUT2D eigenvalue weighted by molar-refractivity contribution is 6.04. The number of ether oxygens (including phenoxy) is 1. The maximum absolute atomic E-state index is 12.6. The van der Waals surface area contributed by atoms with Crippen molar-refractivity contribution < 1.29 is 14.3 Å². The molecule has 0 aliphatic heterocycles. The maximum atomic E-state index is 12.6. The molecular formula is C23H22N2O3. The minimum absolute atomic E-state index is 0.279. The highest BCUT2D eigenvalue weighted by atomic mass is 16.5. The van der Waals surface area contributed by atoms with Crippen molar-refractivity contribution in [3.05, 3.63) is 84.9 Å². The van der Waals surface area contributed by atoms with Crippen LogP contribution in [0.5, 0.6) is 5.75 Å². The third-order valence-electron chi connectivity index (χ3n) is 4.24. The minimum Gasteiger partial charge on any atom is -0.481 e. The fourth-order valence-corrected chi connectivity index (χ4v) is 2.78. The van der Waals surface area contributed by atoms with E-state index in [1.54, 1.807) is 37.3 Å². The van der Waals surface area contributed by atoms with E-state index in [1.807, 2.05) is 42.5 Å². The highest BCUT2D eigenvalue weighted by Crippen LogP contribution is 2.22. The Labute approximate surface area is 164 Å². The summed E-state index contributed by atoms with van der Waals surface area (Å²) in [5, 5.41) is 7.63. The van der Waals surface area contributed by atoms with E-state index in [9.17, 15) is 9.59 Å². The number of carbonyl (C=O) groups excluding carboxylic acids is 2. The zero-order valence-electron chi connectivity index (χ0n) is 15.6. The van der Waals surface area contributed by atoms with E-state index >= 15 is 0 Å². The van der Waals surface area contributed by atoms with Gasteiger partial charge in [0.2, 0.25) is 0 Å². The summed E-state index contributed by atoms with van der Waals surface area (Å²) in [6.45, 7) is 5.60. The van der Waals surface area contributed by atoms with Gasteiger partial charge in [-0.15, -0.1) is 6.58 Å². The smallest absolute Gasteiger partial charge is 0.265 e. The molecule has 3 rings (SSSR count). The van der Waals surface area contributed by atoms with Gasteiger partial charge in [0.25, 0.3) is 11.8 Å². The topological polar surface area (TPSA) is 67.4 Å². The molecule has 142 valence electrons. The molecular weight excluding hydrogens is 352 g/mol. The van der Waals surface area contributed by atoms with Gasteiger partial charge in [-0.05, 0) is 42.0 Å². The highest BCUT2D eigenvalue weighted by Gasteiger charge is 2.18. The van der Waals surface area contributed by atoms with Crippen molar-refractivity contribution in [1.29, 1.82) is 0 Å². The fraction of sp³-hybridized carbons (Fsp3) is 0.130. The summed E-state index contributed by atoms with van der Waals surface area (Å²) in [7, 11) is 0. The number of anilines is 1. The van der Waals surface area contributed by atoms with Gasteiger partial charge in [0.05, 0.1) is 11.3 Å². The van der Waals surface area contributed by atoms with Crippen LogP contribution in [0.3, 0.4) is 0 Å². The van der Waals surface area contributed by atoms with Gasteiger partial charge in [0.1, 0.15) is 5.75 Å². The number of nitrogens with one attached hydrogen (secondary N) is 2. The zero-order valence-corrected chi connectivity index (χ0v) is 15.6. The molecule has 0 radical (unpaired) electrons. The third-order valence-corrected chi connectivity index (χ3v) is 4.24. The number of benzene rings is 3. The summed E-state index contributed by atoms with van der Waals surface area (Å²) in [5.41, 5.74) is 0.818. The van der Waals surface area contributed by atoms with Gasteiger partial charge in [-0.2, -0.15) is 0 Å². The van der Waals surface area contributed by atoms with Gasteiger partial charge >= 0.3 is 0 Å². The first-order valence-electron chi connectivity index (χ1n) is 9.03. The Morgan fingerprint density at radius 2 is 1.75 bits per heavy atom. The first-order chi connectivity index (χ1) is 13.6. The Kier molecular flexibility index (Phi) is 6.07. The summed E-state index contributed by atoms with van der Waals surface area (Å²) in [6.07, 6.45) is 0.865. The standard InChI is InChI=1S/C23H22N2O3/c1-3-14-24-23(27)20-10-6-7-11-21(20)25-22(26)16(2)28-19-13-12-17-8-4-5-9-18(17)15-19/h3-13,15-16H,1,14H2,2H3,(H,24,27)(H,25,26)/t16-/m1/s1. The predicted molar refractivity (Wildman–Crippen MR) is 112 cm³/mol. The summed E-state index contributed by atoms with van der Waals surface area (Å²) >= 11 is 0. The summed E-state index contributed by atoms with van der Waals surface area (Å²) < 4.78 is 5.80. The molecule has 0 saturated heterocycles. The molecule has 0 aliphatic rings. The Hall–Kier alpha value is -3.60. The number of para-hydroxylation sites is 1. The molecule has 28 heavy (non-hydrogen) atoms. The molecule has 1 atom stereocenters. The molecule has 0 unspecified atom stereocenters. The Morgan fingerprint density at radius 1 is 1.04 bits per heavy atom. The van der Waals surface area contributed by atoms with Crippen LogP contribution in [-0.2, 0) is 4.79 Å². The van der Waals surface area contributed by atoms with Crippen LogP contribution >= 0.6 is 0 Å². The Balaban J connectivity index is 1.70. The van der Waals surface area contributed by atoms with Crippen molar-refractivity contribution in [3.63, 3.8) is 0 Å². The monoisotopic (exact) mass is 374 g/mol. The lowest BCUT2D eigenvalue weighted by Crippen LogP contribution is -2.31. The van der Waals surface area contributed by atoms with Crippen LogP contribution in [0.1, 0.15) is 17.3 Å². The summed E-state index contributed by atoms with van der Waals surface area (Å²) in [6, 6.07) is 20.5. The molecule has 2 amide bonds. The average molecular weight is 374 g/mol. The second-order valence-corrected chi connectivity index (χ2v) is 6.30. The van der Waals surface area contributed by atoms with E-state index in [1.165, 1.54) is 0 Å². The van der Waals surface area contributed by atoms with E-state index in [-0.39, 0.29) is 11.8 Å². The molecule has 0 aliphatic carbocycles. The van der Waals surface area contributed by atoms with Crippen molar-refractivity contribution >= 4 is 28.3 Å². The lowest BCUT2D eigenvalue weighted by Gasteiger charge is -2.16. The first-order valence-corrected chi connectivity index (χ1v) is 9.03. The van der Waals surface area contributed by atoms with E-state index < -0.39 is 6.10 Å². The predicted octanol–water partition coefficient (Wildman–Crippen LogP) is 4.16. The van der Waals surface area contributed by atoms with Crippen molar-refractivity contribution in [2.24, 2.45) is 0 Å². The van der Waals surface area contributed by atoms with Crippen LogP contribution in [0, 0.1) is 0 Å². The molecule has 3 aromatic carbocycles. The molecule has 0 fully saturated rings. The van der Waals surface area contributed by atoms with Crippen LogP contribution in [0.15, 0.2) is 79.4 Å². The Morgan fingerprint density at radius 3 is 2.54 bits per heavy atom. The van der Waals surface area contributed by atoms with Gasteiger partial charge in [0.15, 0.2) is 6.10 Å². The second kappa shape index (κ2) is 8.86. The van der Waals surface area contributed by atoms with Crippen molar-refractivity contribution in [2.75, 3.05) is 11.9 Å². The number of carbonyl (C=O) groups is 2. The molecule has 5 heteroatoms. The number of amides is 2. The first kappa shape index (κ1) is 19.2. The number of fused-ring (bicyclic) bond motifs is 1. The number of rotatable bonds is 7. The van der Waals surface area contributed by atoms with Crippen LogP contribution in [0.2, 0.25) is 0 Å². The van der Waals surface area contributed by atoms with Gasteiger partial charge < -0.3 is 15.4 Å².